The van der Waals surface area contributed by atoms with Crippen molar-refractivity contribution in [1.29, 1.82) is 0 Å². The number of allylic oxidation sites excluding steroid dienone is 4. The molecule has 3 aliphatic rings. The summed E-state index contributed by atoms with van der Waals surface area (Å²) in [5, 5.41) is 10.1. The van der Waals surface area contributed by atoms with Crippen LogP contribution in [-0.2, 0) is 20.4 Å². The molecule has 2 aliphatic heterocycles. The monoisotopic (exact) mass is 639 g/mol. The highest BCUT2D eigenvalue weighted by Crippen LogP contribution is 2.39. The van der Waals surface area contributed by atoms with Crippen LogP contribution in [0, 0.1) is 5.82 Å². The second-order valence-electron chi connectivity index (χ2n) is 11.1. The minimum Gasteiger partial charge on any atom is -0.378 e. The fourth-order valence-electron chi connectivity index (χ4n) is 5.69. The summed E-state index contributed by atoms with van der Waals surface area (Å²) in [6.07, 6.45) is 0.502. The van der Waals surface area contributed by atoms with Gasteiger partial charge in [0.05, 0.1) is 30.2 Å². The Bertz CT molecular complexity index is 1490. The van der Waals surface area contributed by atoms with E-state index < -0.39 is 27.8 Å². The van der Waals surface area contributed by atoms with E-state index >= 15 is 0 Å². The third-order valence-electron chi connectivity index (χ3n) is 8.28. The van der Waals surface area contributed by atoms with Crippen LogP contribution in [-0.4, -0.2) is 85.7 Å². The predicted octanol–water partition coefficient (Wildman–Crippen LogP) is 4.70. The van der Waals surface area contributed by atoms with Crippen LogP contribution >= 0.6 is 12.2 Å². The fraction of sp³-hybridized carbons (Fsp3) is 0.433. The summed E-state index contributed by atoms with van der Waals surface area (Å²) in [6.45, 7) is 3.03. The molecule has 0 unspecified atom stereocenters. The normalized spacial score (nSPS) is 24.1. The molecule has 43 heavy (non-hydrogen) atoms. The highest BCUT2D eigenvalue weighted by molar-refractivity contribution is 7.96. The Morgan fingerprint density at radius 1 is 1.05 bits per heavy atom. The molecule has 2 heterocycles. The van der Waals surface area contributed by atoms with Gasteiger partial charge in [0, 0.05) is 49.7 Å². The molecule has 3 atom stereocenters. The van der Waals surface area contributed by atoms with Crippen LogP contribution in [0.25, 0.3) is 0 Å². The number of piperazine rings is 1. The topological polar surface area (TPSA) is 73.3 Å². The Hall–Kier alpha value is -2.68. The molecule has 2 aromatic rings. The van der Waals surface area contributed by atoms with Crippen LogP contribution < -0.4 is 4.90 Å². The third kappa shape index (κ3) is 6.57. The molecule has 232 valence electrons. The molecule has 0 amide bonds. The number of anilines is 1. The molecule has 0 radical (unpaired) electrons. The quantitative estimate of drug-likeness (QED) is 0.348. The predicted molar refractivity (Wildman–Crippen MR) is 160 cm³/mol. The number of aliphatic hydroxyl groups is 1. The van der Waals surface area contributed by atoms with Gasteiger partial charge in [0.25, 0.3) is 0 Å². The number of thiocarbonyl (C=S) groups is 1. The van der Waals surface area contributed by atoms with Crippen LogP contribution in [0.5, 0.6) is 0 Å². The van der Waals surface area contributed by atoms with E-state index in [-0.39, 0.29) is 42.0 Å². The molecule has 13 heteroatoms. The Morgan fingerprint density at radius 2 is 1.74 bits per heavy atom. The van der Waals surface area contributed by atoms with Crippen molar-refractivity contribution in [3.8, 4) is 0 Å². The standard InChI is InChI=1S/C30H33F4N3O4S2/c1-29(38,30(32,33)34)22-8-12-24(13-9-22)37-15-14-36(43(39,40)28-5-3-2-4-27(28)42)19-25(37)18-35-16-17-41-20-26(35)21-6-10-23(31)11-7-21/h2-3,5-13,25-26,38H,4,14-20H2,1H3/t25-,26-,29-/m0/s1. The van der Waals surface area contributed by atoms with E-state index in [2.05, 4.69) is 4.90 Å². The highest BCUT2D eigenvalue weighted by atomic mass is 32.2. The van der Waals surface area contributed by atoms with Crippen molar-refractivity contribution in [2.75, 3.05) is 50.8 Å². The van der Waals surface area contributed by atoms with E-state index in [9.17, 15) is 31.1 Å². The lowest BCUT2D eigenvalue weighted by Gasteiger charge is -2.46. The van der Waals surface area contributed by atoms with Gasteiger partial charge in [0.15, 0.2) is 5.60 Å². The number of benzene rings is 2. The molecule has 2 saturated heterocycles. The maximum absolute atomic E-state index is 13.7. The van der Waals surface area contributed by atoms with Crippen LogP contribution in [0.1, 0.15) is 30.5 Å². The molecule has 1 N–H and O–H groups in total. The van der Waals surface area contributed by atoms with Crippen molar-refractivity contribution in [3.63, 3.8) is 0 Å². The van der Waals surface area contributed by atoms with Gasteiger partial charge < -0.3 is 14.7 Å². The zero-order valence-electron chi connectivity index (χ0n) is 23.5. The number of alkyl halides is 3. The van der Waals surface area contributed by atoms with E-state index in [0.717, 1.165) is 5.56 Å². The van der Waals surface area contributed by atoms with Crippen LogP contribution in [0.4, 0.5) is 23.2 Å². The molecule has 1 aliphatic carbocycles. The zero-order valence-corrected chi connectivity index (χ0v) is 25.1. The summed E-state index contributed by atoms with van der Waals surface area (Å²) in [5.74, 6) is -0.357. The van der Waals surface area contributed by atoms with Crippen LogP contribution in [0.2, 0.25) is 0 Å². The Morgan fingerprint density at radius 3 is 2.40 bits per heavy atom. The number of sulfonamides is 1. The maximum atomic E-state index is 13.7. The van der Waals surface area contributed by atoms with E-state index in [1.165, 1.54) is 46.8 Å². The SMILES string of the molecule is C[C@](O)(c1ccc(N2CCN(S(=O)(=O)C3=CC=CCC3=S)C[C@@H]2CN2CCOC[C@H]2c2ccc(F)cc2)cc1)C(F)(F)F. The number of rotatable bonds is 7. The van der Waals surface area contributed by atoms with Crippen molar-refractivity contribution in [2.24, 2.45) is 0 Å². The lowest BCUT2D eigenvalue weighted by Crippen LogP contribution is -2.59. The summed E-state index contributed by atoms with van der Waals surface area (Å²) < 4.78 is 88.6. The summed E-state index contributed by atoms with van der Waals surface area (Å²) in [5.41, 5.74) is -1.85. The molecule has 7 nitrogen and oxygen atoms in total. The number of hydrogen-bond acceptors (Lipinski definition) is 7. The van der Waals surface area contributed by atoms with E-state index in [1.807, 2.05) is 4.90 Å². The fourth-order valence-corrected chi connectivity index (χ4v) is 7.76. The first-order valence-electron chi connectivity index (χ1n) is 13.9. The number of nitrogens with zero attached hydrogens (tertiary/aromatic N) is 3. The second-order valence-corrected chi connectivity index (χ2v) is 13.4. The minimum atomic E-state index is -4.85. The lowest BCUT2D eigenvalue weighted by molar-refractivity contribution is -0.258. The van der Waals surface area contributed by atoms with E-state index in [4.69, 9.17) is 17.0 Å². The van der Waals surface area contributed by atoms with Gasteiger partial charge >= 0.3 is 6.18 Å². The van der Waals surface area contributed by atoms with Crippen molar-refractivity contribution >= 4 is 32.8 Å². The molecule has 0 bridgehead atoms. The first kappa shape index (κ1) is 31.7. The summed E-state index contributed by atoms with van der Waals surface area (Å²) >= 11 is 5.37. The molecular weight excluding hydrogens is 606 g/mol. The van der Waals surface area contributed by atoms with Gasteiger partial charge in [0.1, 0.15) is 5.82 Å². The van der Waals surface area contributed by atoms with Gasteiger partial charge in [0.2, 0.25) is 10.0 Å². The smallest absolute Gasteiger partial charge is 0.378 e. The summed E-state index contributed by atoms with van der Waals surface area (Å²) in [7, 11) is -3.89. The second kappa shape index (κ2) is 12.4. The zero-order chi connectivity index (χ0) is 31.0. The number of morpholine rings is 1. The lowest BCUT2D eigenvalue weighted by atomic mass is 9.95. The van der Waals surface area contributed by atoms with Crippen molar-refractivity contribution in [3.05, 3.63) is 88.6 Å². The van der Waals surface area contributed by atoms with Gasteiger partial charge in [-0.25, -0.2) is 12.8 Å². The van der Waals surface area contributed by atoms with E-state index in [1.54, 1.807) is 24.3 Å². The first-order valence-corrected chi connectivity index (χ1v) is 15.8. The van der Waals surface area contributed by atoms with Crippen molar-refractivity contribution in [1.82, 2.24) is 9.21 Å². The molecule has 5 rings (SSSR count). The Kier molecular flexibility index (Phi) is 9.13. The summed E-state index contributed by atoms with van der Waals surface area (Å²) in [4.78, 5) is 4.61. The number of ether oxygens (including phenoxy) is 1. The third-order valence-corrected chi connectivity index (χ3v) is 10.7. The molecular formula is C30H33F4N3O4S2. The number of halogens is 4. The molecule has 0 aromatic heterocycles. The molecule has 0 saturated carbocycles. The van der Waals surface area contributed by atoms with Gasteiger partial charge in [-0.2, -0.15) is 17.5 Å². The highest BCUT2D eigenvalue weighted by Gasteiger charge is 2.51. The van der Waals surface area contributed by atoms with Crippen molar-refractivity contribution < 1.29 is 35.8 Å². The maximum Gasteiger partial charge on any atom is 0.421 e. The summed E-state index contributed by atoms with van der Waals surface area (Å²) in [6, 6.07) is 11.1. The van der Waals surface area contributed by atoms with Gasteiger partial charge in [-0.3, -0.25) is 4.90 Å². The largest absolute Gasteiger partial charge is 0.421 e. The first-order chi connectivity index (χ1) is 20.3. The van der Waals surface area contributed by atoms with Gasteiger partial charge in [-0.15, -0.1) is 0 Å². The molecule has 2 fully saturated rings. The van der Waals surface area contributed by atoms with Crippen LogP contribution in [0.15, 0.2) is 71.7 Å². The number of hydrogen-bond donors (Lipinski definition) is 1. The Labute approximate surface area is 254 Å². The van der Waals surface area contributed by atoms with Gasteiger partial charge in [-0.1, -0.05) is 48.6 Å². The van der Waals surface area contributed by atoms with Crippen molar-refractivity contribution in [2.45, 2.75) is 37.2 Å². The average Bonchev–Trinajstić information content (AvgIpc) is 2.97. The molecule has 0 spiro atoms. The minimum absolute atomic E-state index is 0.103. The molecule has 2 aromatic carbocycles. The Balaban J connectivity index is 1.46. The van der Waals surface area contributed by atoms with Crippen LogP contribution in [0.3, 0.4) is 0 Å². The van der Waals surface area contributed by atoms with Gasteiger partial charge in [-0.05, 0) is 48.4 Å². The van der Waals surface area contributed by atoms with E-state index in [0.29, 0.717) is 50.2 Å². The average molecular weight is 640 g/mol.